The van der Waals surface area contributed by atoms with Crippen molar-refractivity contribution in [3.63, 3.8) is 0 Å². The summed E-state index contributed by atoms with van der Waals surface area (Å²) in [5, 5.41) is 3.56. The van der Waals surface area contributed by atoms with Gasteiger partial charge < -0.3 is 14.8 Å². The Morgan fingerprint density at radius 2 is 2.20 bits per heavy atom. The molecule has 1 aliphatic rings. The third-order valence-electron chi connectivity index (χ3n) is 3.79. The van der Waals surface area contributed by atoms with Crippen molar-refractivity contribution in [3.05, 3.63) is 29.8 Å². The van der Waals surface area contributed by atoms with Gasteiger partial charge in [0.2, 0.25) is 0 Å². The predicted molar refractivity (Wildman–Crippen MR) is 82.2 cm³/mol. The second kappa shape index (κ2) is 8.28. The fourth-order valence-electron chi connectivity index (χ4n) is 2.31. The van der Waals surface area contributed by atoms with E-state index in [1.54, 1.807) is 7.11 Å². The molecular weight excluding hydrogens is 250 g/mol. The number of nitrogens with one attached hydrogen (secondary N) is 1. The highest BCUT2D eigenvalue weighted by molar-refractivity contribution is 5.30. The molecule has 2 rings (SSSR count). The van der Waals surface area contributed by atoms with Gasteiger partial charge in [0.05, 0.1) is 19.8 Å². The maximum atomic E-state index is 5.87. The fourth-order valence-corrected chi connectivity index (χ4v) is 2.31. The molecule has 3 nitrogen and oxygen atoms in total. The van der Waals surface area contributed by atoms with Crippen molar-refractivity contribution in [3.8, 4) is 5.75 Å². The van der Waals surface area contributed by atoms with Crippen LogP contribution in [0, 0.1) is 5.92 Å². The van der Waals surface area contributed by atoms with Crippen LogP contribution < -0.4 is 10.1 Å². The standard InChI is InChI=1S/C17H27NO2/c1-3-10-18-17(13-20-11-9-14-7-8-14)15-5-4-6-16(12-15)19-2/h4-6,12,14,17-18H,3,7-11,13H2,1-2H3. The van der Waals surface area contributed by atoms with Crippen molar-refractivity contribution in [2.45, 2.75) is 38.6 Å². The van der Waals surface area contributed by atoms with E-state index in [4.69, 9.17) is 9.47 Å². The Balaban J connectivity index is 1.86. The summed E-state index contributed by atoms with van der Waals surface area (Å²) < 4.78 is 11.2. The van der Waals surface area contributed by atoms with E-state index in [1.165, 1.54) is 24.8 Å². The SMILES string of the molecule is CCCNC(COCCC1CC1)c1cccc(OC)c1. The van der Waals surface area contributed by atoms with E-state index in [-0.39, 0.29) is 6.04 Å². The van der Waals surface area contributed by atoms with Gasteiger partial charge in [-0.15, -0.1) is 0 Å². The fraction of sp³-hybridized carbons (Fsp3) is 0.647. The topological polar surface area (TPSA) is 30.5 Å². The van der Waals surface area contributed by atoms with Crippen LogP contribution in [0.3, 0.4) is 0 Å². The first-order chi connectivity index (χ1) is 9.83. The predicted octanol–water partition coefficient (Wildman–Crippen LogP) is 3.55. The molecule has 1 saturated carbocycles. The Morgan fingerprint density at radius 1 is 1.35 bits per heavy atom. The van der Waals surface area contributed by atoms with E-state index in [9.17, 15) is 0 Å². The van der Waals surface area contributed by atoms with Crippen LogP contribution in [0.1, 0.15) is 44.2 Å². The van der Waals surface area contributed by atoms with Gasteiger partial charge in [0.1, 0.15) is 5.75 Å². The van der Waals surface area contributed by atoms with E-state index < -0.39 is 0 Å². The normalized spacial score (nSPS) is 16.1. The van der Waals surface area contributed by atoms with Crippen molar-refractivity contribution < 1.29 is 9.47 Å². The molecular formula is C17H27NO2. The molecule has 1 aromatic carbocycles. The van der Waals surface area contributed by atoms with Crippen LogP contribution in [-0.4, -0.2) is 26.9 Å². The average Bonchev–Trinajstić information content (AvgIpc) is 3.31. The van der Waals surface area contributed by atoms with Crippen molar-refractivity contribution in [2.75, 3.05) is 26.9 Å². The molecule has 20 heavy (non-hydrogen) atoms. The largest absolute Gasteiger partial charge is 0.497 e. The maximum Gasteiger partial charge on any atom is 0.119 e. The lowest BCUT2D eigenvalue weighted by atomic mass is 10.1. The molecule has 3 heteroatoms. The lowest BCUT2D eigenvalue weighted by Gasteiger charge is -2.19. The summed E-state index contributed by atoms with van der Waals surface area (Å²) in [6.45, 7) is 4.82. The summed E-state index contributed by atoms with van der Waals surface area (Å²) in [6.07, 6.45) is 5.15. The Morgan fingerprint density at radius 3 is 2.90 bits per heavy atom. The van der Waals surface area contributed by atoms with E-state index >= 15 is 0 Å². The van der Waals surface area contributed by atoms with Crippen LogP contribution in [0.2, 0.25) is 0 Å². The Bertz CT molecular complexity index is 390. The van der Waals surface area contributed by atoms with Gasteiger partial charge in [0.25, 0.3) is 0 Å². The molecule has 1 atom stereocenters. The first kappa shape index (κ1) is 15.3. The molecule has 0 aliphatic heterocycles. The molecule has 0 heterocycles. The van der Waals surface area contributed by atoms with Crippen molar-refractivity contribution in [1.82, 2.24) is 5.32 Å². The Labute approximate surface area is 122 Å². The Kier molecular flexibility index (Phi) is 6.34. The summed E-state index contributed by atoms with van der Waals surface area (Å²) in [5.74, 6) is 1.85. The van der Waals surface area contributed by atoms with Gasteiger partial charge in [-0.3, -0.25) is 0 Å². The molecule has 0 bridgehead atoms. The zero-order valence-corrected chi connectivity index (χ0v) is 12.7. The summed E-state index contributed by atoms with van der Waals surface area (Å²) in [7, 11) is 1.71. The van der Waals surface area contributed by atoms with E-state index in [0.29, 0.717) is 0 Å². The number of ether oxygens (including phenoxy) is 2. The summed E-state index contributed by atoms with van der Waals surface area (Å²) in [4.78, 5) is 0. The first-order valence-corrected chi connectivity index (χ1v) is 7.78. The minimum Gasteiger partial charge on any atom is -0.497 e. The summed E-state index contributed by atoms with van der Waals surface area (Å²) in [5.41, 5.74) is 1.24. The minimum atomic E-state index is 0.254. The second-order valence-corrected chi connectivity index (χ2v) is 5.59. The van der Waals surface area contributed by atoms with Gasteiger partial charge >= 0.3 is 0 Å². The summed E-state index contributed by atoms with van der Waals surface area (Å²) >= 11 is 0. The van der Waals surface area contributed by atoms with Gasteiger partial charge in [-0.05, 0) is 43.0 Å². The van der Waals surface area contributed by atoms with Gasteiger partial charge in [0.15, 0.2) is 0 Å². The zero-order valence-electron chi connectivity index (χ0n) is 12.7. The first-order valence-electron chi connectivity index (χ1n) is 7.78. The summed E-state index contributed by atoms with van der Waals surface area (Å²) in [6, 6.07) is 8.51. The molecule has 0 radical (unpaired) electrons. The average molecular weight is 277 g/mol. The molecule has 112 valence electrons. The van der Waals surface area contributed by atoms with Crippen LogP contribution in [0.5, 0.6) is 5.75 Å². The molecule has 1 aliphatic carbocycles. The minimum absolute atomic E-state index is 0.254. The highest BCUT2D eigenvalue weighted by Crippen LogP contribution is 2.32. The number of methoxy groups -OCH3 is 1. The Hall–Kier alpha value is -1.06. The molecule has 1 aromatic rings. The molecule has 0 saturated heterocycles. The zero-order chi connectivity index (χ0) is 14.2. The van der Waals surface area contributed by atoms with Gasteiger partial charge in [-0.2, -0.15) is 0 Å². The van der Waals surface area contributed by atoms with Gasteiger partial charge in [-0.1, -0.05) is 31.9 Å². The monoisotopic (exact) mass is 277 g/mol. The molecule has 0 spiro atoms. The van der Waals surface area contributed by atoms with Crippen LogP contribution >= 0.6 is 0 Å². The van der Waals surface area contributed by atoms with Crippen LogP contribution in [0.25, 0.3) is 0 Å². The van der Waals surface area contributed by atoms with Crippen molar-refractivity contribution >= 4 is 0 Å². The van der Waals surface area contributed by atoms with Crippen molar-refractivity contribution in [1.29, 1.82) is 0 Å². The number of benzene rings is 1. The highest BCUT2D eigenvalue weighted by atomic mass is 16.5. The third-order valence-corrected chi connectivity index (χ3v) is 3.79. The molecule has 0 amide bonds. The third kappa shape index (κ3) is 5.14. The second-order valence-electron chi connectivity index (χ2n) is 5.59. The van der Waals surface area contributed by atoms with Crippen molar-refractivity contribution in [2.24, 2.45) is 5.92 Å². The van der Waals surface area contributed by atoms with E-state index in [2.05, 4.69) is 24.4 Å². The number of rotatable bonds is 10. The number of hydrogen-bond acceptors (Lipinski definition) is 3. The molecule has 0 aromatic heterocycles. The molecule has 1 unspecified atom stereocenters. The number of hydrogen-bond donors (Lipinski definition) is 1. The van der Waals surface area contributed by atoms with E-state index in [1.807, 2.05) is 12.1 Å². The van der Waals surface area contributed by atoms with Gasteiger partial charge in [-0.25, -0.2) is 0 Å². The maximum absolute atomic E-state index is 5.87. The molecule has 1 N–H and O–H groups in total. The van der Waals surface area contributed by atoms with E-state index in [0.717, 1.165) is 37.8 Å². The smallest absolute Gasteiger partial charge is 0.119 e. The van der Waals surface area contributed by atoms with Gasteiger partial charge in [0, 0.05) is 6.61 Å². The molecule has 1 fully saturated rings. The lowest BCUT2D eigenvalue weighted by molar-refractivity contribution is 0.106. The van der Waals surface area contributed by atoms with Crippen LogP contribution in [0.4, 0.5) is 0 Å². The quantitative estimate of drug-likeness (QED) is 0.663. The van der Waals surface area contributed by atoms with Crippen LogP contribution in [-0.2, 0) is 4.74 Å². The lowest BCUT2D eigenvalue weighted by Crippen LogP contribution is -2.26. The van der Waals surface area contributed by atoms with Crippen LogP contribution in [0.15, 0.2) is 24.3 Å². The highest BCUT2D eigenvalue weighted by Gasteiger charge is 2.20.